The van der Waals surface area contributed by atoms with Crippen LogP contribution in [0.2, 0.25) is 0 Å². The van der Waals surface area contributed by atoms with Crippen LogP contribution in [0.25, 0.3) is 11.3 Å². The van der Waals surface area contributed by atoms with Crippen LogP contribution in [-0.2, 0) is 9.59 Å². The zero-order valence-electron chi connectivity index (χ0n) is 14.2. The van der Waals surface area contributed by atoms with Gasteiger partial charge in [0.05, 0.1) is 5.69 Å². The van der Waals surface area contributed by atoms with Gasteiger partial charge in [-0.05, 0) is 30.9 Å². The molecule has 1 aliphatic rings. The second-order valence-electron chi connectivity index (χ2n) is 6.38. The lowest BCUT2D eigenvalue weighted by molar-refractivity contribution is -0.126. The highest BCUT2D eigenvalue weighted by Crippen LogP contribution is 2.28. The van der Waals surface area contributed by atoms with Crippen LogP contribution in [0.15, 0.2) is 42.5 Å². The summed E-state index contributed by atoms with van der Waals surface area (Å²) in [6.07, 6.45) is 4.10. The summed E-state index contributed by atoms with van der Waals surface area (Å²) in [5, 5.41) is 13.8. The number of hydrogen-bond acceptors (Lipinski definition) is 4. The number of anilines is 1. The molecule has 0 radical (unpaired) electrons. The SMILES string of the molecule is CC(=O)NC(C(=O)Nc1ccc(-c2ccccc2)nn1)C1CCCC1. The van der Waals surface area contributed by atoms with Crippen molar-refractivity contribution in [2.24, 2.45) is 5.92 Å². The fourth-order valence-electron chi connectivity index (χ4n) is 3.27. The predicted molar refractivity (Wildman–Crippen MR) is 95.7 cm³/mol. The van der Waals surface area contributed by atoms with E-state index in [2.05, 4.69) is 20.8 Å². The maximum atomic E-state index is 12.6. The van der Waals surface area contributed by atoms with Crippen molar-refractivity contribution in [1.29, 1.82) is 0 Å². The van der Waals surface area contributed by atoms with Gasteiger partial charge in [-0.15, -0.1) is 10.2 Å². The fraction of sp³-hybridized carbons (Fsp3) is 0.368. The molecule has 1 aromatic heterocycles. The summed E-state index contributed by atoms with van der Waals surface area (Å²) in [5.74, 6) is 0.139. The molecule has 2 amide bonds. The van der Waals surface area contributed by atoms with Gasteiger partial charge in [0.25, 0.3) is 0 Å². The summed E-state index contributed by atoms with van der Waals surface area (Å²) < 4.78 is 0. The lowest BCUT2D eigenvalue weighted by atomic mass is 9.97. The molecule has 0 saturated heterocycles. The first-order valence-electron chi connectivity index (χ1n) is 8.60. The number of amides is 2. The van der Waals surface area contributed by atoms with E-state index in [-0.39, 0.29) is 17.7 Å². The molecule has 1 fully saturated rings. The van der Waals surface area contributed by atoms with Gasteiger partial charge in [0, 0.05) is 12.5 Å². The topological polar surface area (TPSA) is 84.0 Å². The smallest absolute Gasteiger partial charge is 0.248 e. The standard InChI is InChI=1S/C19H22N4O2/c1-13(24)20-18(15-9-5-6-10-15)19(25)21-17-12-11-16(22-23-17)14-7-3-2-4-8-14/h2-4,7-8,11-12,15,18H,5-6,9-10H2,1H3,(H,20,24)(H,21,23,25). The molecule has 1 atom stereocenters. The number of hydrogen-bond donors (Lipinski definition) is 2. The van der Waals surface area contributed by atoms with E-state index in [4.69, 9.17) is 0 Å². The lowest BCUT2D eigenvalue weighted by Crippen LogP contribution is -2.47. The third-order valence-electron chi connectivity index (χ3n) is 4.50. The van der Waals surface area contributed by atoms with Gasteiger partial charge in [0.2, 0.25) is 11.8 Å². The molecular weight excluding hydrogens is 316 g/mol. The van der Waals surface area contributed by atoms with Gasteiger partial charge in [-0.25, -0.2) is 0 Å². The Hall–Kier alpha value is -2.76. The Kier molecular flexibility index (Phi) is 5.38. The number of rotatable bonds is 5. The molecule has 2 N–H and O–H groups in total. The maximum Gasteiger partial charge on any atom is 0.248 e. The van der Waals surface area contributed by atoms with Crippen LogP contribution in [0, 0.1) is 5.92 Å². The minimum atomic E-state index is -0.518. The third-order valence-corrected chi connectivity index (χ3v) is 4.50. The summed E-state index contributed by atoms with van der Waals surface area (Å²) in [7, 11) is 0. The van der Waals surface area contributed by atoms with Crippen LogP contribution in [0.3, 0.4) is 0 Å². The highest BCUT2D eigenvalue weighted by atomic mass is 16.2. The number of aromatic nitrogens is 2. The van der Waals surface area contributed by atoms with E-state index >= 15 is 0 Å². The van der Waals surface area contributed by atoms with Crippen molar-refractivity contribution in [1.82, 2.24) is 15.5 Å². The Morgan fingerprint density at radius 2 is 1.76 bits per heavy atom. The minimum Gasteiger partial charge on any atom is -0.344 e. The Bertz CT molecular complexity index is 725. The number of nitrogens with zero attached hydrogens (tertiary/aromatic N) is 2. The van der Waals surface area contributed by atoms with Crippen molar-refractivity contribution < 1.29 is 9.59 Å². The Balaban J connectivity index is 1.69. The first-order valence-corrected chi connectivity index (χ1v) is 8.60. The molecule has 1 aromatic carbocycles. The van der Waals surface area contributed by atoms with Gasteiger partial charge in [-0.3, -0.25) is 9.59 Å². The normalized spacial score (nSPS) is 15.6. The number of carbonyl (C=O) groups is 2. The molecule has 1 saturated carbocycles. The average Bonchev–Trinajstić information content (AvgIpc) is 3.15. The van der Waals surface area contributed by atoms with Crippen molar-refractivity contribution >= 4 is 17.6 Å². The molecule has 0 spiro atoms. The monoisotopic (exact) mass is 338 g/mol. The van der Waals surface area contributed by atoms with Crippen LogP contribution < -0.4 is 10.6 Å². The summed E-state index contributed by atoms with van der Waals surface area (Å²) >= 11 is 0. The zero-order valence-corrected chi connectivity index (χ0v) is 14.2. The van der Waals surface area contributed by atoms with E-state index in [9.17, 15) is 9.59 Å². The van der Waals surface area contributed by atoms with E-state index in [1.54, 1.807) is 6.07 Å². The van der Waals surface area contributed by atoms with Gasteiger partial charge >= 0.3 is 0 Å². The van der Waals surface area contributed by atoms with Gasteiger partial charge in [0.15, 0.2) is 5.82 Å². The molecule has 1 aliphatic carbocycles. The predicted octanol–water partition coefficient (Wildman–Crippen LogP) is 2.78. The second kappa shape index (κ2) is 7.88. The van der Waals surface area contributed by atoms with Crippen LogP contribution in [0.5, 0.6) is 0 Å². The zero-order chi connectivity index (χ0) is 17.6. The second-order valence-corrected chi connectivity index (χ2v) is 6.38. The van der Waals surface area contributed by atoms with Crippen LogP contribution in [0.4, 0.5) is 5.82 Å². The molecule has 6 nitrogen and oxygen atoms in total. The summed E-state index contributed by atoms with van der Waals surface area (Å²) in [6.45, 7) is 1.43. The number of nitrogens with one attached hydrogen (secondary N) is 2. The van der Waals surface area contributed by atoms with Gasteiger partial charge in [-0.1, -0.05) is 43.2 Å². The van der Waals surface area contributed by atoms with E-state index < -0.39 is 6.04 Å². The summed E-state index contributed by atoms with van der Waals surface area (Å²) in [4.78, 5) is 24.0. The molecule has 1 heterocycles. The third kappa shape index (κ3) is 4.41. The van der Waals surface area contributed by atoms with Crippen LogP contribution >= 0.6 is 0 Å². The van der Waals surface area contributed by atoms with E-state index in [0.717, 1.165) is 36.9 Å². The molecule has 1 unspecified atom stereocenters. The van der Waals surface area contributed by atoms with Crippen molar-refractivity contribution in [2.45, 2.75) is 38.6 Å². The van der Waals surface area contributed by atoms with Gasteiger partial charge < -0.3 is 10.6 Å². The minimum absolute atomic E-state index is 0.181. The lowest BCUT2D eigenvalue weighted by Gasteiger charge is -2.22. The molecule has 2 aromatic rings. The number of benzene rings is 1. The first-order chi connectivity index (χ1) is 12.1. The fourth-order valence-corrected chi connectivity index (χ4v) is 3.27. The van der Waals surface area contributed by atoms with Gasteiger partial charge in [0.1, 0.15) is 6.04 Å². The van der Waals surface area contributed by atoms with Crippen LogP contribution in [-0.4, -0.2) is 28.1 Å². The number of carbonyl (C=O) groups excluding carboxylic acids is 2. The van der Waals surface area contributed by atoms with Crippen molar-refractivity contribution in [3.05, 3.63) is 42.5 Å². The van der Waals surface area contributed by atoms with Crippen LogP contribution in [0.1, 0.15) is 32.6 Å². The molecule has 0 bridgehead atoms. The first kappa shape index (κ1) is 17.1. The van der Waals surface area contributed by atoms with Crippen molar-refractivity contribution in [3.63, 3.8) is 0 Å². The van der Waals surface area contributed by atoms with E-state index in [0.29, 0.717) is 5.82 Å². The Labute approximate surface area is 147 Å². The summed E-state index contributed by atoms with van der Waals surface area (Å²) in [5.41, 5.74) is 1.71. The maximum absolute atomic E-state index is 12.6. The Morgan fingerprint density at radius 1 is 1.04 bits per heavy atom. The van der Waals surface area contributed by atoms with Gasteiger partial charge in [-0.2, -0.15) is 0 Å². The van der Waals surface area contributed by atoms with E-state index in [1.165, 1.54) is 6.92 Å². The molecular formula is C19H22N4O2. The van der Waals surface area contributed by atoms with E-state index in [1.807, 2.05) is 36.4 Å². The quantitative estimate of drug-likeness (QED) is 0.878. The molecule has 0 aliphatic heterocycles. The highest BCUT2D eigenvalue weighted by molar-refractivity contribution is 5.96. The Morgan fingerprint density at radius 3 is 2.36 bits per heavy atom. The largest absolute Gasteiger partial charge is 0.344 e. The molecule has 6 heteroatoms. The average molecular weight is 338 g/mol. The summed E-state index contributed by atoms with van der Waals surface area (Å²) in [6, 6.07) is 12.8. The van der Waals surface area contributed by atoms with Crippen molar-refractivity contribution in [3.8, 4) is 11.3 Å². The molecule has 25 heavy (non-hydrogen) atoms. The van der Waals surface area contributed by atoms with Crippen molar-refractivity contribution in [2.75, 3.05) is 5.32 Å². The highest BCUT2D eigenvalue weighted by Gasteiger charge is 2.31. The molecule has 130 valence electrons. The molecule has 3 rings (SSSR count).